The largest absolute Gasteiger partial charge is 0.333 e. The van der Waals surface area contributed by atoms with E-state index in [2.05, 4.69) is 15.2 Å². The summed E-state index contributed by atoms with van der Waals surface area (Å²) in [7, 11) is 0. The summed E-state index contributed by atoms with van der Waals surface area (Å²) in [4.78, 5) is 38.0. The SMILES string of the molecule is CCc1[nH]nc(C(=O)N2CCc3nc([C@@H]4CCCCN4C(C)=O)ncc3C2)c1C. The highest BCUT2D eigenvalue weighted by atomic mass is 16.2. The first kappa shape index (κ1) is 19.5. The molecule has 2 aromatic heterocycles. The van der Waals surface area contributed by atoms with Gasteiger partial charge in [0.25, 0.3) is 5.91 Å². The fourth-order valence-electron chi connectivity index (χ4n) is 4.38. The highest BCUT2D eigenvalue weighted by Crippen LogP contribution is 2.30. The van der Waals surface area contributed by atoms with Crippen LogP contribution in [0.25, 0.3) is 0 Å². The van der Waals surface area contributed by atoms with Crippen LogP contribution in [0, 0.1) is 6.92 Å². The molecular formula is C21H28N6O2. The van der Waals surface area contributed by atoms with E-state index in [1.807, 2.05) is 29.8 Å². The minimum atomic E-state index is -0.0526. The van der Waals surface area contributed by atoms with Crippen LogP contribution in [0.5, 0.6) is 0 Å². The highest BCUT2D eigenvalue weighted by molar-refractivity contribution is 5.94. The van der Waals surface area contributed by atoms with Crippen molar-refractivity contribution in [3.8, 4) is 0 Å². The maximum absolute atomic E-state index is 13.0. The van der Waals surface area contributed by atoms with E-state index >= 15 is 0 Å². The molecule has 1 N–H and O–H groups in total. The Morgan fingerprint density at radius 1 is 1.28 bits per heavy atom. The molecule has 2 aliphatic rings. The average Bonchev–Trinajstić information content (AvgIpc) is 3.12. The number of aryl methyl sites for hydroxylation is 1. The average molecular weight is 396 g/mol. The number of hydrogen-bond donors (Lipinski definition) is 1. The minimum Gasteiger partial charge on any atom is -0.333 e. The number of amides is 2. The van der Waals surface area contributed by atoms with Crippen LogP contribution < -0.4 is 0 Å². The molecule has 4 heterocycles. The van der Waals surface area contributed by atoms with Crippen LogP contribution in [0.3, 0.4) is 0 Å². The maximum atomic E-state index is 13.0. The minimum absolute atomic E-state index is 0.0367. The van der Waals surface area contributed by atoms with Crippen LogP contribution in [-0.4, -0.2) is 54.9 Å². The van der Waals surface area contributed by atoms with Crippen LogP contribution >= 0.6 is 0 Å². The number of nitrogens with zero attached hydrogens (tertiary/aromatic N) is 5. The quantitative estimate of drug-likeness (QED) is 0.859. The van der Waals surface area contributed by atoms with Gasteiger partial charge in [-0.05, 0) is 32.6 Å². The van der Waals surface area contributed by atoms with Crippen LogP contribution in [0.15, 0.2) is 6.20 Å². The van der Waals surface area contributed by atoms with E-state index in [1.54, 1.807) is 6.92 Å². The molecule has 0 spiro atoms. The van der Waals surface area contributed by atoms with Crippen LogP contribution in [-0.2, 0) is 24.2 Å². The lowest BCUT2D eigenvalue weighted by Gasteiger charge is -2.35. The van der Waals surface area contributed by atoms with Crippen molar-refractivity contribution in [3.63, 3.8) is 0 Å². The van der Waals surface area contributed by atoms with Crippen molar-refractivity contribution < 1.29 is 9.59 Å². The maximum Gasteiger partial charge on any atom is 0.274 e. The molecule has 154 valence electrons. The van der Waals surface area contributed by atoms with E-state index in [1.165, 1.54) is 0 Å². The van der Waals surface area contributed by atoms with Gasteiger partial charge in [0, 0.05) is 56.0 Å². The van der Waals surface area contributed by atoms with Crippen molar-refractivity contribution in [2.24, 2.45) is 0 Å². The topological polar surface area (TPSA) is 95.1 Å². The van der Waals surface area contributed by atoms with Crippen molar-refractivity contribution in [1.29, 1.82) is 0 Å². The summed E-state index contributed by atoms with van der Waals surface area (Å²) in [6, 6.07) is -0.0367. The molecule has 0 aromatic carbocycles. The van der Waals surface area contributed by atoms with Gasteiger partial charge in [0.05, 0.1) is 11.7 Å². The second-order valence-corrected chi connectivity index (χ2v) is 7.93. The summed E-state index contributed by atoms with van der Waals surface area (Å²) < 4.78 is 0. The van der Waals surface area contributed by atoms with Crippen molar-refractivity contribution in [1.82, 2.24) is 30.0 Å². The van der Waals surface area contributed by atoms with Gasteiger partial charge in [0.2, 0.25) is 5.91 Å². The number of H-pyrrole nitrogens is 1. The molecule has 0 aliphatic carbocycles. The Kier molecular flexibility index (Phi) is 5.34. The second-order valence-electron chi connectivity index (χ2n) is 7.93. The molecule has 29 heavy (non-hydrogen) atoms. The lowest BCUT2D eigenvalue weighted by molar-refractivity contribution is -0.132. The van der Waals surface area contributed by atoms with Crippen molar-refractivity contribution in [3.05, 3.63) is 40.2 Å². The zero-order valence-corrected chi connectivity index (χ0v) is 17.4. The second kappa shape index (κ2) is 7.93. The third-order valence-electron chi connectivity index (χ3n) is 6.11. The van der Waals surface area contributed by atoms with Gasteiger partial charge in [-0.1, -0.05) is 6.92 Å². The summed E-state index contributed by atoms with van der Waals surface area (Å²) >= 11 is 0. The molecule has 0 bridgehead atoms. The molecule has 0 radical (unpaired) electrons. The first-order valence-corrected chi connectivity index (χ1v) is 10.4. The van der Waals surface area contributed by atoms with Crippen molar-refractivity contribution in [2.45, 2.75) is 65.5 Å². The van der Waals surface area contributed by atoms with Gasteiger partial charge in [-0.3, -0.25) is 14.7 Å². The first-order valence-electron chi connectivity index (χ1n) is 10.4. The molecule has 8 heteroatoms. The van der Waals surface area contributed by atoms with Gasteiger partial charge < -0.3 is 9.80 Å². The molecule has 1 saturated heterocycles. The van der Waals surface area contributed by atoms with E-state index < -0.39 is 0 Å². The number of carbonyl (C=O) groups is 2. The predicted molar refractivity (Wildman–Crippen MR) is 107 cm³/mol. The molecule has 2 aliphatic heterocycles. The van der Waals surface area contributed by atoms with Crippen LogP contribution in [0.2, 0.25) is 0 Å². The number of aromatic amines is 1. The molecule has 4 rings (SSSR count). The standard InChI is InChI=1S/C21H28N6O2/c1-4-16-13(2)19(25-24-16)21(29)26-10-8-17-15(12-26)11-22-20(23-17)18-7-5-6-9-27(18)14(3)28/h11,18H,4-10,12H2,1-3H3,(H,24,25)/t18-/m0/s1. The zero-order chi connectivity index (χ0) is 20.5. The molecule has 1 fully saturated rings. The lowest BCUT2D eigenvalue weighted by atomic mass is 10.00. The fraction of sp³-hybridized carbons (Fsp3) is 0.571. The van der Waals surface area contributed by atoms with Crippen molar-refractivity contribution in [2.75, 3.05) is 13.1 Å². The number of piperidine rings is 1. The van der Waals surface area contributed by atoms with E-state index in [0.717, 1.165) is 60.6 Å². The number of aromatic nitrogens is 4. The molecule has 2 aromatic rings. The highest BCUT2D eigenvalue weighted by Gasteiger charge is 2.30. The Morgan fingerprint density at radius 2 is 2.10 bits per heavy atom. The third-order valence-corrected chi connectivity index (χ3v) is 6.11. The molecule has 8 nitrogen and oxygen atoms in total. The Labute approximate surface area is 170 Å². The van der Waals surface area contributed by atoms with Crippen LogP contribution in [0.1, 0.15) is 78.0 Å². The smallest absolute Gasteiger partial charge is 0.274 e. The van der Waals surface area contributed by atoms with Gasteiger partial charge in [-0.25, -0.2) is 9.97 Å². The number of likely N-dealkylation sites (tertiary alicyclic amines) is 1. The summed E-state index contributed by atoms with van der Waals surface area (Å²) in [6.07, 6.45) is 6.36. The fourth-order valence-corrected chi connectivity index (χ4v) is 4.38. The first-order chi connectivity index (χ1) is 14.0. The summed E-state index contributed by atoms with van der Waals surface area (Å²) in [5.41, 5.74) is 4.39. The Hall–Kier alpha value is -2.77. The van der Waals surface area contributed by atoms with E-state index in [4.69, 9.17) is 4.98 Å². The lowest BCUT2D eigenvalue weighted by Crippen LogP contribution is -2.39. The van der Waals surface area contributed by atoms with E-state index in [0.29, 0.717) is 25.2 Å². The molecule has 2 amide bonds. The summed E-state index contributed by atoms with van der Waals surface area (Å²) in [5, 5.41) is 7.20. The normalized spacial score (nSPS) is 19.2. The number of rotatable bonds is 3. The third kappa shape index (κ3) is 3.63. The Morgan fingerprint density at radius 3 is 2.83 bits per heavy atom. The summed E-state index contributed by atoms with van der Waals surface area (Å²) in [6.45, 7) is 7.46. The molecule has 0 saturated carbocycles. The van der Waals surface area contributed by atoms with Gasteiger partial charge in [0.1, 0.15) is 0 Å². The Balaban J connectivity index is 1.53. The Bertz CT molecular complexity index is 937. The molecular weight excluding hydrogens is 368 g/mol. The van der Waals surface area contributed by atoms with Gasteiger partial charge >= 0.3 is 0 Å². The number of nitrogens with one attached hydrogen (secondary N) is 1. The zero-order valence-electron chi connectivity index (χ0n) is 17.4. The van der Waals surface area contributed by atoms with Gasteiger partial charge in [0.15, 0.2) is 11.5 Å². The molecule has 0 unspecified atom stereocenters. The predicted octanol–water partition coefficient (Wildman–Crippen LogP) is 2.34. The van der Waals surface area contributed by atoms with Crippen molar-refractivity contribution >= 4 is 11.8 Å². The van der Waals surface area contributed by atoms with E-state index in [9.17, 15) is 9.59 Å². The number of hydrogen-bond acceptors (Lipinski definition) is 5. The summed E-state index contributed by atoms with van der Waals surface area (Å²) in [5.74, 6) is 0.756. The van der Waals surface area contributed by atoms with E-state index in [-0.39, 0.29) is 17.9 Å². The molecule has 1 atom stereocenters. The van der Waals surface area contributed by atoms with Gasteiger partial charge in [-0.2, -0.15) is 5.10 Å². The van der Waals surface area contributed by atoms with Gasteiger partial charge in [-0.15, -0.1) is 0 Å². The number of fused-ring (bicyclic) bond motifs is 1. The number of carbonyl (C=O) groups excluding carboxylic acids is 2. The monoisotopic (exact) mass is 396 g/mol. The van der Waals surface area contributed by atoms with Crippen LogP contribution in [0.4, 0.5) is 0 Å².